The minimum atomic E-state index is 0.591. The maximum absolute atomic E-state index is 5.40. The molecule has 2 aromatic rings. The van der Waals surface area contributed by atoms with Crippen LogP contribution in [-0.4, -0.2) is 26.0 Å². The number of hydrogen-bond donors (Lipinski definition) is 2. The molecule has 0 unspecified atom stereocenters. The third kappa shape index (κ3) is 2.19. The molecule has 18 heavy (non-hydrogen) atoms. The molecular weight excluding hydrogens is 248 g/mol. The van der Waals surface area contributed by atoms with Crippen LogP contribution in [0.1, 0.15) is 24.5 Å². The summed E-state index contributed by atoms with van der Waals surface area (Å²) >= 11 is 1.47. The molecule has 0 radical (unpaired) electrons. The summed E-state index contributed by atoms with van der Waals surface area (Å²) in [6.07, 6.45) is 6.34. The van der Waals surface area contributed by atoms with Crippen molar-refractivity contribution in [2.75, 3.05) is 11.7 Å². The minimum absolute atomic E-state index is 0.591. The smallest absolute Gasteiger partial charge is 0.191 e. The van der Waals surface area contributed by atoms with Crippen LogP contribution in [-0.2, 0) is 0 Å². The van der Waals surface area contributed by atoms with Crippen molar-refractivity contribution < 1.29 is 0 Å². The molecule has 0 aromatic carbocycles. The maximum atomic E-state index is 5.40. The van der Waals surface area contributed by atoms with Crippen molar-refractivity contribution >= 4 is 17.6 Å². The fourth-order valence-corrected chi connectivity index (χ4v) is 2.13. The molecule has 1 fully saturated rings. The van der Waals surface area contributed by atoms with Gasteiger partial charge in [0.05, 0.1) is 5.69 Å². The zero-order valence-corrected chi connectivity index (χ0v) is 10.8. The lowest BCUT2D eigenvalue weighted by atomic mass is 10.3. The van der Waals surface area contributed by atoms with Crippen molar-refractivity contribution in [3.63, 3.8) is 0 Å². The first-order chi connectivity index (χ1) is 8.80. The van der Waals surface area contributed by atoms with E-state index in [9.17, 15) is 0 Å². The molecule has 1 saturated carbocycles. The van der Waals surface area contributed by atoms with E-state index in [0.29, 0.717) is 16.9 Å². The summed E-state index contributed by atoms with van der Waals surface area (Å²) in [6.45, 7) is 0. The lowest BCUT2D eigenvalue weighted by Crippen LogP contribution is -2.11. The molecular formula is C11H14N6S. The molecule has 2 heterocycles. The zero-order chi connectivity index (χ0) is 12.5. The second-order valence-electron chi connectivity index (χ2n) is 4.20. The first-order valence-electron chi connectivity index (χ1n) is 5.76. The van der Waals surface area contributed by atoms with Crippen LogP contribution in [0.15, 0.2) is 23.5 Å². The molecule has 0 bridgehead atoms. The van der Waals surface area contributed by atoms with Crippen LogP contribution < -0.4 is 11.3 Å². The average molecular weight is 262 g/mol. The van der Waals surface area contributed by atoms with Crippen molar-refractivity contribution in [2.45, 2.75) is 23.9 Å². The van der Waals surface area contributed by atoms with E-state index in [0.717, 1.165) is 11.5 Å². The molecule has 6 nitrogen and oxygen atoms in total. The number of rotatable bonds is 4. The highest BCUT2D eigenvalue weighted by atomic mass is 32.2. The number of thioether (sulfide) groups is 1. The Morgan fingerprint density at radius 1 is 1.44 bits per heavy atom. The maximum Gasteiger partial charge on any atom is 0.191 e. The third-order valence-electron chi connectivity index (χ3n) is 2.86. The Morgan fingerprint density at radius 2 is 2.28 bits per heavy atom. The van der Waals surface area contributed by atoms with Gasteiger partial charge < -0.3 is 5.43 Å². The molecule has 7 heteroatoms. The molecule has 0 amide bonds. The van der Waals surface area contributed by atoms with Gasteiger partial charge in [-0.15, -0.1) is 0 Å². The summed E-state index contributed by atoms with van der Waals surface area (Å²) < 4.78 is 1.77. The molecule has 3 rings (SSSR count). The quantitative estimate of drug-likeness (QED) is 0.376. The number of anilines is 1. The number of hydrazine groups is 1. The Labute approximate surface area is 109 Å². The Hall–Kier alpha value is -1.60. The van der Waals surface area contributed by atoms with Gasteiger partial charge in [-0.3, -0.25) is 0 Å². The Balaban J connectivity index is 1.97. The Morgan fingerprint density at radius 3 is 2.94 bits per heavy atom. The van der Waals surface area contributed by atoms with E-state index in [1.807, 2.05) is 18.5 Å². The van der Waals surface area contributed by atoms with E-state index in [4.69, 9.17) is 5.84 Å². The van der Waals surface area contributed by atoms with Gasteiger partial charge in [0.25, 0.3) is 0 Å². The summed E-state index contributed by atoms with van der Waals surface area (Å²) in [5, 5.41) is 5.21. The number of aromatic nitrogens is 4. The number of hydrogen-bond acceptors (Lipinski definition) is 6. The highest BCUT2D eigenvalue weighted by Gasteiger charge is 2.26. The summed E-state index contributed by atoms with van der Waals surface area (Å²) in [6, 6.07) is 3.83. The second-order valence-corrected chi connectivity index (χ2v) is 4.98. The Bertz CT molecular complexity index is 540. The summed E-state index contributed by atoms with van der Waals surface area (Å²) in [7, 11) is 0. The fourth-order valence-electron chi connectivity index (χ4n) is 1.76. The molecule has 3 N–H and O–H groups in total. The van der Waals surface area contributed by atoms with Crippen LogP contribution in [0.2, 0.25) is 0 Å². The van der Waals surface area contributed by atoms with Gasteiger partial charge in [-0.05, 0) is 25.2 Å². The van der Waals surface area contributed by atoms with Gasteiger partial charge in [-0.2, -0.15) is 5.10 Å². The van der Waals surface area contributed by atoms with Crippen LogP contribution in [0, 0.1) is 0 Å². The second kappa shape index (κ2) is 4.58. The normalized spacial score (nSPS) is 14.8. The summed E-state index contributed by atoms with van der Waals surface area (Å²) in [5.41, 5.74) is 3.69. The van der Waals surface area contributed by atoms with Crippen molar-refractivity contribution in [3.05, 3.63) is 24.0 Å². The summed E-state index contributed by atoms with van der Waals surface area (Å²) in [4.78, 5) is 8.64. The van der Waals surface area contributed by atoms with E-state index in [1.165, 1.54) is 24.6 Å². The first kappa shape index (κ1) is 11.5. The largest absolute Gasteiger partial charge is 0.308 e. The third-order valence-corrected chi connectivity index (χ3v) is 3.41. The Kier molecular flexibility index (Phi) is 2.92. The number of nitrogens with zero attached hydrogens (tertiary/aromatic N) is 4. The van der Waals surface area contributed by atoms with Gasteiger partial charge in [-0.25, -0.2) is 20.5 Å². The predicted octanol–water partition coefficient (Wildman–Crippen LogP) is 1.55. The molecule has 0 saturated heterocycles. The lowest BCUT2D eigenvalue weighted by Gasteiger charge is -2.05. The van der Waals surface area contributed by atoms with Gasteiger partial charge in [0.1, 0.15) is 5.82 Å². The lowest BCUT2D eigenvalue weighted by molar-refractivity contribution is 0.786. The van der Waals surface area contributed by atoms with Crippen LogP contribution in [0.4, 0.5) is 5.82 Å². The van der Waals surface area contributed by atoms with Gasteiger partial charge in [0.2, 0.25) is 0 Å². The fraction of sp³-hybridized carbons (Fsp3) is 0.364. The van der Waals surface area contributed by atoms with E-state index >= 15 is 0 Å². The standard InChI is InChI=1S/C11H14N6S/c1-18-11-13-9(15-12)6-10(14-11)17-5-4-8(16-17)7-2-3-7/h4-7H,2-3,12H2,1H3,(H,13,14,15). The van der Waals surface area contributed by atoms with Crippen LogP contribution in [0.3, 0.4) is 0 Å². The van der Waals surface area contributed by atoms with Crippen molar-refractivity contribution in [1.82, 2.24) is 19.7 Å². The molecule has 2 aromatic heterocycles. The molecule has 0 spiro atoms. The molecule has 94 valence electrons. The number of nitrogen functional groups attached to an aromatic ring is 1. The first-order valence-corrected chi connectivity index (χ1v) is 6.98. The average Bonchev–Trinajstić information content (AvgIpc) is 3.15. The van der Waals surface area contributed by atoms with Crippen molar-refractivity contribution in [2.24, 2.45) is 5.84 Å². The van der Waals surface area contributed by atoms with Gasteiger partial charge in [0, 0.05) is 18.2 Å². The van der Waals surface area contributed by atoms with Gasteiger partial charge >= 0.3 is 0 Å². The topological polar surface area (TPSA) is 81.6 Å². The van der Waals surface area contributed by atoms with E-state index in [1.54, 1.807) is 10.7 Å². The van der Waals surface area contributed by atoms with Crippen molar-refractivity contribution in [1.29, 1.82) is 0 Å². The molecule has 0 aliphatic heterocycles. The van der Waals surface area contributed by atoms with E-state index in [2.05, 4.69) is 20.5 Å². The number of nitrogens with two attached hydrogens (primary N) is 1. The molecule has 1 aliphatic rings. The SMILES string of the molecule is CSc1nc(NN)cc(-n2ccc(C3CC3)n2)n1. The van der Waals surface area contributed by atoms with E-state index < -0.39 is 0 Å². The van der Waals surface area contributed by atoms with Crippen molar-refractivity contribution in [3.8, 4) is 5.82 Å². The highest BCUT2D eigenvalue weighted by Crippen LogP contribution is 2.39. The predicted molar refractivity (Wildman–Crippen MR) is 70.7 cm³/mol. The van der Waals surface area contributed by atoms with Crippen LogP contribution >= 0.6 is 11.8 Å². The number of nitrogens with one attached hydrogen (secondary N) is 1. The molecule has 1 aliphatic carbocycles. The van der Waals surface area contributed by atoms with Crippen LogP contribution in [0.25, 0.3) is 5.82 Å². The van der Waals surface area contributed by atoms with E-state index in [-0.39, 0.29) is 0 Å². The summed E-state index contributed by atoms with van der Waals surface area (Å²) in [5.74, 6) is 7.37. The highest BCUT2D eigenvalue weighted by molar-refractivity contribution is 7.98. The minimum Gasteiger partial charge on any atom is -0.308 e. The molecule has 0 atom stereocenters. The van der Waals surface area contributed by atoms with Gasteiger partial charge in [-0.1, -0.05) is 11.8 Å². The van der Waals surface area contributed by atoms with Crippen LogP contribution in [0.5, 0.6) is 0 Å². The van der Waals surface area contributed by atoms with Gasteiger partial charge in [0.15, 0.2) is 11.0 Å². The monoisotopic (exact) mass is 262 g/mol. The zero-order valence-electron chi connectivity index (χ0n) is 10.00.